The highest BCUT2D eigenvalue weighted by atomic mass is 16.2. The van der Waals surface area contributed by atoms with Crippen LogP contribution < -0.4 is 16.0 Å². The molecule has 2 heterocycles. The van der Waals surface area contributed by atoms with E-state index in [-0.39, 0.29) is 17.7 Å². The van der Waals surface area contributed by atoms with E-state index in [1.807, 2.05) is 48.5 Å². The molecule has 1 aromatic heterocycles. The zero-order chi connectivity index (χ0) is 20.7. The number of aromatic amines is 1. The molecule has 2 aliphatic rings. The normalized spacial score (nSPS) is 23.4. The minimum atomic E-state index is -0.845. The summed E-state index contributed by atoms with van der Waals surface area (Å²) in [7, 11) is 0. The van der Waals surface area contributed by atoms with Crippen LogP contribution in [0, 0.1) is 5.92 Å². The van der Waals surface area contributed by atoms with Gasteiger partial charge >= 0.3 is 6.03 Å². The SMILES string of the molecule is O=C1NC(=O)C2(CCC(C(=O)Nc3ccc(-c4nc5ccccc5[nH]4)cc3)CC2)N1. The van der Waals surface area contributed by atoms with E-state index in [4.69, 9.17) is 0 Å². The molecule has 0 radical (unpaired) electrons. The molecule has 1 aliphatic carbocycles. The van der Waals surface area contributed by atoms with Gasteiger partial charge in [0.15, 0.2) is 0 Å². The molecular formula is C22H21N5O3. The van der Waals surface area contributed by atoms with E-state index < -0.39 is 11.6 Å². The Morgan fingerprint density at radius 2 is 1.77 bits per heavy atom. The fraction of sp³-hybridized carbons (Fsp3) is 0.273. The highest BCUT2D eigenvalue weighted by Crippen LogP contribution is 2.35. The Hall–Kier alpha value is -3.68. The first-order valence-corrected chi connectivity index (χ1v) is 10.0. The van der Waals surface area contributed by atoms with Crippen LogP contribution in [0.3, 0.4) is 0 Å². The number of imidazole rings is 1. The number of H-pyrrole nitrogens is 1. The second-order valence-electron chi connectivity index (χ2n) is 7.93. The molecule has 4 amide bonds. The Morgan fingerprint density at radius 3 is 2.43 bits per heavy atom. The fourth-order valence-electron chi connectivity index (χ4n) is 4.30. The maximum absolute atomic E-state index is 12.7. The molecule has 8 heteroatoms. The Kier molecular flexibility index (Phi) is 4.27. The second kappa shape index (κ2) is 6.98. The number of para-hydroxylation sites is 2. The number of fused-ring (bicyclic) bond motifs is 1. The number of hydrogen-bond acceptors (Lipinski definition) is 4. The van der Waals surface area contributed by atoms with Crippen molar-refractivity contribution in [3.63, 3.8) is 0 Å². The van der Waals surface area contributed by atoms with Crippen molar-refractivity contribution >= 4 is 34.6 Å². The van der Waals surface area contributed by atoms with Crippen molar-refractivity contribution in [3.05, 3.63) is 48.5 Å². The van der Waals surface area contributed by atoms with Gasteiger partial charge in [-0.1, -0.05) is 12.1 Å². The lowest BCUT2D eigenvalue weighted by Crippen LogP contribution is -2.50. The number of nitrogens with zero attached hydrogens (tertiary/aromatic N) is 1. The molecule has 1 aliphatic heterocycles. The smallest absolute Gasteiger partial charge is 0.322 e. The van der Waals surface area contributed by atoms with Crippen molar-refractivity contribution in [2.24, 2.45) is 5.92 Å². The molecule has 2 aromatic carbocycles. The number of anilines is 1. The minimum absolute atomic E-state index is 0.0638. The lowest BCUT2D eigenvalue weighted by molar-refractivity contribution is -0.128. The van der Waals surface area contributed by atoms with Gasteiger partial charge in [-0.25, -0.2) is 9.78 Å². The first-order valence-electron chi connectivity index (χ1n) is 10.0. The summed E-state index contributed by atoms with van der Waals surface area (Å²) in [6.07, 6.45) is 2.04. The zero-order valence-electron chi connectivity index (χ0n) is 16.2. The van der Waals surface area contributed by atoms with Gasteiger partial charge in [-0.05, 0) is 62.1 Å². The molecule has 152 valence electrons. The molecule has 4 N–H and O–H groups in total. The molecule has 0 bridgehead atoms. The van der Waals surface area contributed by atoms with Crippen LogP contribution in [0.1, 0.15) is 25.7 Å². The summed E-state index contributed by atoms with van der Waals surface area (Å²) in [5.41, 5.74) is 2.69. The third kappa shape index (κ3) is 3.20. The van der Waals surface area contributed by atoms with Crippen LogP contribution in [0.4, 0.5) is 10.5 Å². The Morgan fingerprint density at radius 1 is 1.03 bits per heavy atom. The van der Waals surface area contributed by atoms with Crippen LogP contribution in [0.2, 0.25) is 0 Å². The molecule has 8 nitrogen and oxygen atoms in total. The van der Waals surface area contributed by atoms with Crippen molar-refractivity contribution < 1.29 is 14.4 Å². The zero-order valence-corrected chi connectivity index (χ0v) is 16.2. The number of rotatable bonds is 3. The lowest BCUT2D eigenvalue weighted by atomic mass is 9.76. The highest BCUT2D eigenvalue weighted by Gasteiger charge is 2.48. The van der Waals surface area contributed by atoms with E-state index in [0.717, 1.165) is 22.4 Å². The van der Waals surface area contributed by atoms with Crippen molar-refractivity contribution in [1.82, 2.24) is 20.6 Å². The monoisotopic (exact) mass is 403 g/mol. The van der Waals surface area contributed by atoms with Crippen molar-refractivity contribution in [1.29, 1.82) is 0 Å². The summed E-state index contributed by atoms with van der Waals surface area (Å²) in [6.45, 7) is 0. The first kappa shape index (κ1) is 18.4. The van der Waals surface area contributed by atoms with Gasteiger partial charge < -0.3 is 15.6 Å². The number of benzene rings is 2. The van der Waals surface area contributed by atoms with E-state index >= 15 is 0 Å². The van der Waals surface area contributed by atoms with Gasteiger partial charge in [0.05, 0.1) is 11.0 Å². The van der Waals surface area contributed by atoms with E-state index in [1.54, 1.807) is 0 Å². The molecule has 1 saturated heterocycles. The molecule has 30 heavy (non-hydrogen) atoms. The predicted octanol–water partition coefficient (Wildman–Crippen LogP) is 2.94. The van der Waals surface area contributed by atoms with Gasteiger partial charge in [-0.3, -0.25) is 14.9 Å². The summed E-state index contributed by atoms with van der Waals surface area (Å²) in [5.74, 6) is 0.248. The molecule has 3 aromatic rings. The van der Waals surface area contributed by atoms with Crippen LogP contribution in [0.5, 0.6) is 0 Å². The summed E-state index contributed by atoms with van der Waals surface area (Å²) in [6, 6.07) is 14.9. The maximum Gasteiger partial charge on any atom is 0.322 e. The molecule has 5 rings (SSSR count). The summed E-state index contributed by atoms with van der Waals surface area (Å²) in [5, 5.41) is 7.97. The Balaban J connectivity index is 1.22. The van der Waals surface area contributed by atoms with Crippen LogP contribution in [0.15, 0.2) is 48.5 Å². The highest BCUT2D eigenvalue weighted by molar-refractivity contribution is 6.07. The number of urea groups is 1. The van der Waals surface area contributed by atoms with Gasteiger partial charge in [0.1, 0.15) is 11.4 Å². The molecule has 0 unspecified atom stereocenters. The van der Waals surface area contributed by atoms with Crippen LogP contribution in [-0.4, -0.2) is 33.4 Å². The topological polar surface area (TPSA) is 116 Å². The van der Waals surface area contributed by atoms with Gasteiger partial charge in [-0.15, -0.1) is 0 Å². The van der Waals surface area contributed by atoms with Crippen molar-refractivity contribution in [2.75, 3.05) is 5.32 Å². The molecule has 0 atom stereocenters. The van der Waals surface area contributed by atoms with Crippen LogP contribution in [-0.2, 0) is 9.59 Å². The summed E-state index contributed by atoms with van der Waals surface area (Å²) in [4.78, 5) is 44.0. The molecular weight excluding hydrogens is 382 g/mol. The van der Waals surface area contributed by atoms with Crippen LogP contribution in [0.25, 0.3) is 22.4 Å². The third-order valence-electron chi connectivity index (χ3n) is 6.04. The van der Waals surface area contributed by atoms with Gasteiger partial charge in [-0.2, -0.15) is 0 Å². The number of imide groups is 1. The average Bonchev–Trinajstić information content (AvgIpc) is 3.29. The third-order valence-corrected chi connectivity index (χ3v) is 6.04. The lowest BCUT2D eigenvalue weighted by Gasteiger charge is -2.33. The minimum Gasteiger partial charge on any atom is -0.338 e. The molecule has 1 spiro atoms. The quantitative estimate of drug-likeness (QED) is 0.503. The Labute approximate surface area is 172 Å². The number of nitrogens with one attached hydrogen (secondary N) is 4. The summed E-state index contributed by atoms with van der Waals surface area (Å²) < 4.78 is 0. The average molecular weight is 403 g/mol. The van der Waals surface area contributed by atoms with E-state index in [1.165, 1.54) is 0 Å². The number of carbonyl (C=O) groups excluding carboxylic acids is 3. The fourth-order valence-corrected chi connectivity index (χ4v) is 4.30. The van der Waals surface area contributed by atoms with Crippen molar-refractivity contribution in [2.45, 2.75) is 31.2 Å². The standard InChI is InChI=1S/C22H21N5O3/c28-19(14-9-11-22(12-10-14)20(29)26-21(30)27-22)23-15-7-5-13(6-8-15)18-24-16-3-1-2-4-17(16)25-18/h1-8,14H,9-12H2,(H,23,28)(H,24,25)(H2,26,27,29,30). The predicted molar refractivity (Wildman–Crippen MR) is 112 cm³/mol. The molecule has 1 saturated carbocycles. The maximum atomic E-state index is 12.7. The number of hydrogen-bond donors (Lipinski definition) is 4. The van der Waals surface area contributed by atoms with Crippen LogP contribution >= 0.6 is 0 Å². The number of carbonyl (C=O) groups is 3. The van der Waals surface area contributed by atoms with Gasteiger partial charge in [0.2, 0.25) is 5.91 Å². The van der Waals surface area contributed by atoms with E-state index in [0.29, 0.717) is 31.4 Å². The van der Waals surface area contributed by atoms with E-state index in [2.05, 4.69) is 25.9 Å². The van der Waals surface area contributed by atoms with Gasteiger partial charge in [0.25, 0.3) is 5.91 Å². The van der Waals surface area contributed by atoms with E-state index in [9.17, 15) is 14.4 Å². The summed E-state index contributed by atoms with van der Waals surface area (Å²) >= 11 is 0. The molecule has 2 fully saturated rings. The van der Waals surface area contributed by atoms with Gasteiger partial charge in [0, 0.05) is 17.2 Å². The second-order valence-corrected chi connectivity index (χ2v) is 7.93. The first-order chi connectivity index (χ1) is 14.5. The Bertz CT molecular complexity index is 1110. The van der Waals surface area contributed by atoms with Crippen molar-refractivity contribution in [3.8, 4) is 11.4 Å². The number of amides is 4. The largest absolute Gasteiger partial charge is 0.338 e. The number of aromatic nitrogens is 2.